The minimum Gasteiger partial charge on any atom is -0.352 e. The van der Waals surface area contributed by atoms with Gasteiger partial charge in [0.15, 0.2) is 0 Å². The SMILES string of the molecule is CCCCCCCCCC(=O)N[C@H](C(=O)N[C@H]1/C=C/CCNC(=O)/C=C/[C@H](C(C)C)NC1=O)c1ccccc1. The van der Waals surface area contributed by atoms with E-state index in [0.717, 1.165) is 19.3 Å². The van der Waals surface area contributed by atoms with Gasteiger partial charge in [0.05, 0.1) is 0 Å². The largest absolute Gasteiger partial charge is 0.352 e. The highest BCUT2D eigenvalue weighted by Gasteiger charge is 2.28. The van der Waals surface area contributed by atoms with Gasteiger partial charge in [-0.15, -0.1) is 0 Å². The van der Waals surface area contributed by atoms with Gasteiger partial charge in [-0.05, 0) is 24.3 Å². The van der Waals surface area contributed by atoms with E-state index < -0.39 is 18.0 Å². The van der Waals surface area contributed by atoms with Crippen LogP contribution in [0.4, 0.5) is 0 Å². The average Bonchev–Trinajstić information content (AvgIpc) is 2.92. The maximum atomic E-state index is 13.5. The highest BCUT2D eigenvalue weighted by atomic mass is 16.2. The fourth-order valence-electron chi connectivity index (χ4n) is 4.31. The third kappa shape index (κ3) is 12.3. The Balaban J connectivity index is 2.10. The third-order valence-electron chi connectivity index (χ3n) is 6.71. The fourth-order valence-corrected chi connectivity index (χ4v) is 4.31. The zero-order chi connectivity index (χ0) is 28.5. The van der Waals surface area contributed by atoms with Crippen LogP contribution in [-0.4, -0.2) is 42.3 Å². The van der Waals surface area contributed by atoms with E-state index in [-0.39, 0.29) is 29.7 Å². The van der Waals surface area contributed by atoms with E-state index in [9.17, 15) is 19.2 Å². The van der Waals surface area contributed by atoms with E-state index in [4.69, 9.17) is 0 Å². The van der Waals surface area contributed by atoms with Crippen molar-refractivity contribution in [2.24, 2.45) is 5.92 Å². The highest BCUT2D eigenvalue weighted by molar-refractivity contribution is 5.94. The van der Waals surface area contributed by atoms with Crippen molar-refractivity contribution in [2.45, 2.75) is 96.7 Å². The van der Waals surface area contributed by atoms with Crippen molar-refractivity contribution in [1.29, 1.82) is 0 Å². The van der Waals surface area contributed by atoms with Gasteiger partial charge >= 0.3 is 0 Å². The van der Waals surface area contributed by atoms with Crippen molar-refractivity contribution in [2.75, 3.05) is 6.54 Å². The average molecular weight is 539 g/mol. The first-order valence-electron chi connectivity index (χ1n) is 14.4. The molecule has 1 aliphatic rings. The zero-order valence-corrected chi connectivity index (χ0v) is 23.7. The van der Waals surface area contributed by atoms with Gasteiger partial charge in [-0.1, -0.05) is 108 Å². The lowest BCUT2D eigenvalue weighted by Gasteiger charge is -2.25. The number of hydrogen-bond acceptors (Lipinski definition) is 4. The normalized spacial score (nSPS) is 20.5. The van der Waals surface area contributed by atoms with Crippen LogP contribution >= 0.6 is 0 Å². The molecule has 39 heavy (non-hydrogen) atoms. The second-order valence-electron chi connectivity index (χ2n) is 10.4. The van der Waals surface area contributed by atoms with Crippen molar-refractivity contribution in [3.63, 3.8) is 0 Å². The lowest BCUT2D eigenvalue weighted by atomic mass is 10.0. The summed E-state index contributed by atoms with van der Waals surface area (Å²) in [5.41, 5.74) is 0.645. The molecular formula is C31H46N4O4. The summed E-state index contributed by atoms with van der Waals surface area (Å²) >= 11 is 0. The molecule has 0 saturated carbocycles. The van der Waals surface area contributed by atoms with Crippen LogP contribution in [0.3, 0.4) is 0 Å². The molecule has 0 saturated heterocycles. The molecule has 4 N–H and O–H groups in total. The molecule has 2 rings (SSSR count). The van der Waals surface area contributed by atoms with Crippen molar-refractivity contribution in [3.8, 4) is 0 Å². The number of rotatable bonds is 13. The van der Waals surface area contributed by atoms with Gasteiger partial charge < -0.3 is 21.3 Å². The predicted molar refractivity (Wildman–Crippen MR) is 155 cm³/mol. The van der Waals surface area contributed by atoms with Crippen LogP contribution < -0.4 is 21.3 Å². The Hall–Kier alpha value is -3.42. The van der Waals surface area contributed by atoms with Crippen LogP contribution in [0.25, 0.3) is 0 Å². The van der Waals surface area contributed by atoms with Gasteiger partial charge in [-0.3, -0.25) is 19.2 Å². The first-order chi connectivity index (χ1) is 18.8. The predicted octanol–water partition coefficient (Wildman–Crippen LogP) is 4.24. The molecule has 1 aromatic rings. The molecule has 1 aromatic carbocycles. The number of amides is 4. The van der Waals surface area contributed by atoms with Crippen LogP contribution in [0.15, 0.2) is 54.6 Å². The molecule has 4 amide bonds. The first kappa shape index (κ1) is 31.8. The minimum absolute atomic E-state index is 0.0317. The fraction of sp³-hybridized carbons (Fsp3) is 0.548. The molecule has 214 valence electrons. The molecule has 0 radical (unpaired) electrons. The van der Waals surface area contributed by atoms with E-state index in [2.05, 4.69) is 28.2 Å². The van der Waals surface area contributed by atoms with Gasteiger partial charge in [0, 0.05) is 25.1 Å². The molecular weight excluding hydrogens is 492 g/mol. The number of benzene rings is 1. The Morgan fingerprint density at radius 1 is 0.974 bits per heavy atom. The minimum atomic E-state index is -0.937. The van der Waals surface area contributed by atoms with Crippen LogP contribution in [0, 0.1) is 5.92 Å². The summed E-state index contributed by atoms with van der Waals surface area (Å²) in [6, 6.07) is 6.81. The summed E-state index contributed by atoms with van der Waals surface area (Å²) in [5, 5.41) is 11.4. The van der Waals surface area contributed by atoms with Gasteiger partial charge in [0.2, 0.25) is 23.6 Å². The molecule has 1 aliphatic heterocycles. The Morgan fingerprint density at radius 3 is 2.36 bits per heavy atom. The summed E-state index contributed by atoms with van der Waals surface area (Å²) in [4.78, 5) is 51.5. The summed E-state index contributed by atoms with van der Waals surface area (Å²) in [6.07, 6.45) is 15.1. The molecule has 0 aromatic heterocycles. The Labute approximate surface area is 233 Å². The van der Waals surface area contributed by atoms with Crippen molar-refractivity contribution < 1.29 is 19.2 Å². The molecule has 8 nitrogen and oxygen atoms in total. The van der Waals surface area contributed by atoms with E-state index >= 15 is 0 Å². The van der Waals surface area contributed by atoms with E-state index in [1.54, 1.807) is 30.4 Å². The van der Waals surface area contributed by atoms with E-state index in [1.165, 1.54) is 31.8 Å². The molecule has 3 atom stereocenters. The maximum absolute atomic E-state index is 13.5. The summed E-state index contributed by atoms with van der Waals surface area (Å²) in [5.74, 6) is -1.22. The van der Waals surface area contributed by atoms with E-state index in [1.807, 2.05) is 32.0 Å². The number of carbonyl (C=O) groups excluding carboxylic acids is 4. The van der Waals surface area contributed by atoms with Crippen LogP contribution in [0.2, 0.25) is 0 Å². The number of hydrogen-bond donors (Lipinski definition) is 4. The number of nitrogens with one attached hydrogen (secondary N) is 4. The zero-order valence-electron chi connectivity index (χ0n) is 23.7. The lowest BCUT2D eigenvalue weighted by molar-refractivity contribution is -0.131. The second-order valence-corrected chi connectivity index (χ2v) is 10.4. The van der Waals surface area contributed by atoms with Gasteiger partial charge in [-0.2, -0.15) is 0 Å². The Kier molecular flexibility index (Phi) is 14.7. The number of unbranched alkanes of at least 4 members (excludes halogenated alkanes) is 6. The molecule has 1 heterocycles. The first-order valence-corrected chi connectivity index (χ1v) is 14.4. The van der Waals surface area contributed by atoms with Gasteiger partial charge in [0.1, 0.15) is 12.1 Å². The van der Waals surface area contributed by atoms with Crippen LogP contribution in [-0.2, 0) is 19.2 Å². The summed E-state index contributed by atoms with van der Waals surface area (Å²) in [6.45, 7) is 6.48. The third-order valence-corrected chi connectivity index (χ3v) is 6.71. The molecule has 0 bridgehead atoms. The standard InChI is InChI=1S/C31H46N4O4/c1-4-5-6-7-8-9-13-19-28(37)35-29(24-16-11-10-12-17-24)31(39)34-26-18-14-15-22-32-27(36)21-20-25(23(2)3)33-30(26)38/h10-12,14,16-18,20-21,23,25-26,29H,4-9,13,15,19,22H2,1-3H3,(H,32,36)(H,33,38)(H,34,39)(H,35,37)/b18-14+,21-20+/t25-,26+,29+/m1/s1. The number of carbonyl (C=O) groups is 4. The topological polar surface area (TPSA) is 116 Å². The Bertz CT molecular complexity index is 974. The summed E-state index contributed by atoms with van der Waals surface area (Å²) < 4.78 is 0. The smallest absolute Gasteiger partial charge is 0.248 e. The van der Waals surface area contributed by atoms with Gasteiger partial charge in [-0.25, -0.2) is 0 Å². The quantitative estimate of drug-likeness (QED) is 0.222. The summed E-state index contributed by atoms with van der Waals surface area (Å²) in [7, 11) is 0. The van der Waals surface area contributed by atoms with Crippen molar-refractivity contribution in [3.05, 3.63) is 60.2 Å². The highest BCUT2D eigenvalue weighted by Crippen LogP contribution is 2.15. The monoisotopic (exact) mass is 538 g/mol. The molecule has 0 spiro atoms. The molecule has 0 aliphatic carbocycles. The lowest BCUT2D eigenvalue weighted by Crippen LogP contribution is -2.52. The van der Waals surface area contributed by atoms with Crippen LogP contribution in [0.5, 0.6) is 0 Å². The van der Waals surface area contributed by atoms with Crippen molar-refractivity contribution >= 4 is 23.6 Å². The van der Waals surface area contributed by atoms with Gasteiger partial charge in [0.25, 0.3) is 0 Å². The molecule has 0 fully saturated rings. The molecule has 0 unspecified atom stereocenters. The Morgan fingerprint density at radius 2 is 1.67 bits per heavy atom. The van der Waals surface area contributed by atoms with Crippen molar-refractivity contribution in [1.82, 2.24) is 21.3 Å². The maximum Gasteiger partial charge on any atom is 0.248 e. The second kappa shape index (κ2) is 18.0. The van der Waals surface area contributed by atoms with E-state index in [0.29, 0.717) is 24.9 Å². The van der Waals surface area contributed by atoms with Crippen LogP contribution in [0.1, 0.15) is 90.2 Å². The molecule has 8 heteroatoms.